The van der Waals surface area contributed by atoms with Crippen LogP contribution in [-0.2, 0) is 9.59 Å². The maximum Gasteiger partial charge on any atom is 0.316 e. The number of rotatable bonds is 2. The fourth-order valence-electron chi connectivity index (χ4n) is 1.84. The number of phenolic OH excluding ortho intramolecular Hbond substituents is 1. The lowest BCUT2D eigenvalue weighted by Crippen LogP contribution is -2.37. The molecule has 2 rings (SSSR count). The average Bonchev–Trinajstić information content (AvgIpc) is 2.49. The molecule has 2 aromatic carbocycles. The summed E-state index contributed by atoms with van der Waals surface area (Å²) in [5.74, 6) is -1.58. The van der Waals surface area contributed by atoms with Gasteiger partial charge in [-0.2, -0.15) is 0 Å². The van der Waals surface area contributed by atoms with Gasteiger partial charge in [-0.15, -0.1) is 0 Å². The van der Waals surface area contributed by atoms with Gasteiger partial charge in [-0.1, -0.05) is 24.3 Å². The van der Waals surface area contributed by atoms with Gasteiger partial charge in [0.1, 0.15) is 5.75 Å². The number of aryl methyl sites for hydroxylation is 1. The highest BCUT2D eigenvalue weighted by atomic mass is 16.3. The molecule has 0 heterocycles. The Hall–Kier alpha value is -2.82. The van der Waals surface area contributed by atoms with Crippen LogP contribution in [0.25, 0.3) is 0 Å². The van der Waals surface area contributed by atoms with E-state index in [-0.39, 0.29) is 11.4 Å². The number of benzene rings is 2. The van der Waals surface area contributed by atoms with Gasteiger partial charge >= 0.3 is 11.8 Å². The average molecular weight is 284 g/mol. The van der Waals surface area contributed by atoms with Gasteiger partial charge in [-0.25, -0.2) is 0 Å². The lowest BCUT2D eigenvalue weighted by atomic mass is 10.2. The second kappa shape index (κ2) is 6.09. The van der Waals surface area contributed by atoms with E-state index in [0.717, 1.165) is 5.56 Å². The van der Waals surface area contributed by atoms with Crippen molar-refractivity contribution in [1.29, 1.82) is 0 Å². The van der Waals surface area contributed by atoms with Crippen LogP contribution >= 0.6 is 0 Å². The summed E-state index contributed by atoms with van der Waals surface area (Å²) >= 11 is 0. The SMILES string of the molecule is Cc1ccc(NC(=O)C(=O)N(C)c2ccccc2)c(O)c1. The van der Waals surface area contributed by atoms with E-state index in [4.69, 9.17) is 0 Å². The Bertz CT molecular complexity index is 668. The van der Waals surface area contributed by atoms with Crippen LogP contribution in [0.2, 0.25) is 0 Å². The highest BCUT2D eigenvalue weighted by molar-refractivity contribution is 6.44. The van der Waals surface area contributed by atoms with Gasteiger partial charge in [-0.05, 0) is 36.8 Å². The lowest BCUT2D eigenvalue weighted by Gasteiger charge is -2.16. The molecule has 2 N–H and O–H groups in total. The summed E-state index contributed by atoms with van der Waals surface area (Å²) in [7, 11) is 1.52. The van der Waals surface area contributed by atoms with Crippen LogP contribution in [-0.4, -0.2) is 24.0 Å². The van der Waals surface area contributed by atoms with E-state index < -0.39 is 11.8 Å². The first-order valence-corrected chi connectivity index (χ1v) is 6.42. The van der Waals surface area contributed by atoms with E-state index in [1.54, 1.807) is 36.4 Å². The molecule has 108 valence electrons. The standard InChI is InChI=1S/C16H16N2O3/c1-11-8-9-13(14(19)10-11)17-15(20)16(21)18(2)12-6-4-3-5-7-12/h3-10,19H,1-2H3,(H,17,20). The molecule has 0 atom stereocenters. The molecule has 0 aliphatic rings. The van der Waals surface area contributed by atoms with Crippen LogP contribution in [0.1, 0.15) is 5.56 Å². The van der Waals surface area contributed by atoms with Crippen molar-refractivity contribution in [3.8, 4) is 5.75 Å². The first-order chi connectivity index (χ1) is 9.99. The molecule has 0 bridgehead atoms. The molecule has 0 fully saturated rings. The van der Waals surface area contributed by atoms with Crippen molar-refractivity contribution >= 4 is 23.2 Å². The quantitative estimate of drug-likeness (QED) is 0.656. The molecule has 5 nitrogen and oxygen atoms in total. The van der Waals surface area contributed by atoms with Gasteiger partial charge in [0.2, 0.25) is 0 Å². The molecule has 5 heteroatoms. The van der Waals surface area contributed by atoms with Crippen LogP contribution in [0, 0.1) is 6.92 Å². The van der Waals surface area contributed by atoms with E-state index in [9.17, 15) is 14.7 Å². The Morgan fingerprint density at radius 2 is 1.76 bits per heavy atom. The molecule has 0 saturated heterocycles. The topological polar surface area (TPSA) is 69.6 Å². The van der Waals surface area contributed by atoms with Crippen molar-refractivity contribution < 1.29 is 14.7 Å². The van der Waals surface area contributed by atoms with E-state index in [1.807, 2.05) is 13.0 Å². The number of carbonyl (C=O) groups excluding carboxylic acids is 2. The second-order valence-corrected chi connectivity index (χ2v) is 4.67. The summed E-state index contributed by atoms with van der Waals surface area (Å²) in [5.41, 5.74) is 1.68. The maximum absolute atomic E-state index is 12.1. The summed E-state index contributed by atoms with van der Waals surface area (Å²) in [6.45, 7) is 1.82. The minimum Gasteiger partial charge on any atom is -0.506 e. The molecule has 0 spiro atoms. The van der Waals surface area contributed by atoms with Crippen molar-refractivity contribution in [3.05, 3.63) is 54.1 Å². The maximum atomic E-state index is 12.1. The summed E-state index contributed by atoms with van der Waals surface area (Å²) < 4.78 is 0. The van der Waals surface area contributed by atoms with Crippen molar-refractivity contribution in [2.45, 2.75) is 6.92 Å². The molecule has 0 aliphatic heterocycles. The zero-order valence-corrected chi connectivity index (χ0v) is 11.8. The van der Waals surface area contributed by atoms with Gasteiger partial charge in [0.15, 0.2) is 0 Å². The zero-order valence-electron chi connectivity index (χ0n) is 11.8. The van der Waals surface area contributed by atoms with Gasteiger partial charge < -0.3 is 15.3 Å². The number of aromatic hydroxyl groups is 1. The second-order valence-electron chi connectivity index (χ2n) is 4.67. The lowest BCUT2D eigenvalue weighted by molar-refractivity contribution is -0.134. The van der Waals surface area contributed by atoms with Crippen molar-refractivity contribution in [2.24, 2.45) is 0 Å². The first kappa shape index (κ1) is 14.6. The number of phenols is 1. The van der Waals surface area contributed by atoms with E-state index in [1.165, 1.54) is 18.0 Å². The number of hydrogen-bond donors (Lipinski definition) is 2. The monoisotopic (exact) mass is 284 g/mol. The molecule has 0 radical (unpaired) electrons. The number of likely N-dealkylation sites (N-methyl/N-ethyl adjacent to an activating group) is 1. The number of amides is 2. The van der Waals surface area contributed by atoms with Crippen molar-refractivity contribution in [3.63, 3.8) is 0 Å². The van der Waals surface area contributed by atoms with Crippen LogP contribution in [0.4, 0.5) is 11.4 Å². The zero-order chi connectivity index (χ0) is 15.4. The third-order valence-electron chi connectivity index (χ3n) is 3.04. The number of carbonyl (C=O) groups is 2. The van der Waals surface area contributed by atoms with E-state index >= 15 is 0 Å². The Labute approximate surface area is 122 Å². The molecule has 21 heavy (non-hydrogen) atoms. The largest absolute Gasteiger partial charge is 0.506 e. The van der Waals surface area contributed by atoms with Crippen LogP contribution in [0.3, 0.4) is 0 Å². The minimum absolute atomic E-state index is 0.0708. The summed E-state index contributed by atoms with van der Waals surface area (Å²) in [6.07, 6.45) is 0. The Kier molecular flexibility index (Phi) is 4.23. The van der Waals surface area contributed by atoms with Gasteiger partial charge in [0.05, 0.1) is 5.69 Å². The third kappa shape index (κ3) is 3.39. The van der Waals surface area contributed by atoms with Crippen molar-refractivity contribution in [1.82, 2.24) is 0 Å². The fourth-order valence-corrected chi connectivity index (χ4v) is 1.84. The molecular weight excluding hydrogens is 268 g/mol. The smallest absolute Gasteiger partial charge is 0.316 e. The summed E-state index contributed by atoms with van der Waals surface area (Å²) in [6, 6.07) is 13.7. The fraction of sp³-hybridized carbons (Fsp3) is 0.125. The molecule has 0 saturated carbocycles. The summed E-state index contributed by atoms with van der Waals surface area (Å²) in [4.78, 5) is 25.3. The van der Waals surface area contributed by atoms with Gasteiger partial charge in [0.25, 0.3) is 0 Å². The predicted octanol–water partition coefficient (Wildman–Crippen LogP) is 2.30. The molecule has 0 aliphatic carbocycles. The highest BCUT2D eigenvalue weighted by Gasteiger charge is 2.20. The normalized spacial score (nSPS) is 10.0. The Balaban J connectivity index is 2.11. The molecule has 0 unspecified atom stereocenters. The third-order valence-corrected chi connectivity index (χ3v) is 3.04. The Morgan fingerprint density at radius 3 is 2.38 bits per heavy atom. The number of nitrogens with zero attached hydrogens (tertiary/aromatic N) is 1. The van der Waals surface area contributed by atoms with Crippen LogP contribution in [0.5, 0.6) is 5.75 Å². The molecular formula is C16H16N2O3. The van der Waals surface area contributed by atoms with Crippen molar-refractivity contribution in [2.75, 3.05) is 17.3 Å². The van der Waals surface area contributed by atoms with E-state index in [0.29, 0.717) is 5.69 Å². The number of para-hydroxylation sites is 1. The van der Waals surface area contributed by atoms with E-state index in [2.05, 4.69) is 5.32 Å². The minimum atomic E-state index is -0.805. The molecule has 0 aromatic heterocycles. The Morgan fingerprint density at radius 1 is 1.10 bits per heavy atom. The number of nitrogens with one attached hydrogen (secondary N) is 1. The predicted molar refractivity (Wildman–Crippen MR) is 81.3 cm³/mol. The number of anilines is 2. The van der Waals surface area contributed by atoms with Crippen LogP contribution < -0.4 is 10.2 Å². The summed E-state index contributed by atoms with van der Waals surface area (Å²) in [5, 5.41) is 12.1. The highest BCUT2D eigenvalue weighted by Crippen LogP contribution is 2.24. The molecule has 2 amide bonds. The van der Waals surface area contributed by atoms with Gasteiger partial charge in [0, 0.05) is 12.7 Å². The number of hydrogen-bond acceptors (Lipinski definition) is 3. The molecule has 2 aromatic rings. The van der Waals surface area contributed by atoms with Gasteiger partial charge in [-0.3, -0.25) is 9.59 Å². The first-order valence-electron chi connectivity index (χ1n) is 6.42. The van der Waals surface area contributed by atoms with Crippen LogP contribution in [0.15, 0.2) is 48.5 Å².